The lowest BCUT2D eigenvalue weighted by atomic mass is 9.79. The highest BCUT2D eigenvalue weighted by Gasteiger charge is 2.33. The van der Waals surface area contributed by atoms with Crippen LogP contribution >= 0.6 is 0 Å². The highest BCUT2D eigenvalue weighted by Crippen LogP contribution is 2.42. The fourth-order valence-electron chi connectivity index (χ4n) is 4.21. The molecule has 1 aliphatic carbocycles. The van der Waals surface area contributed by atoms with Crippen molar-refractivity contribution in [3.05, 3.63) is 35.4 Å². The number of likely N-dealkylation sites (N-methyl/N-ethyl adjacent to an activating group) is 1. The van der Waals surface area contributed by atoms with Gasteiger partial charge < -0.3 is 5.32 Å². The Balaban J connectivity index is 1.87. The molecule has 1 fully saturated rings. The predicted molar refractivity (Wildman–Crippen MR) is 85.1 cm³/mol. The van der Waals surface area contributed by atoms with Crippen LogP contribution in [-0.4, -0.2) is 31.1 Å². The van der Waals surface area contributed by atoms with Crippen molar-refractivity contribution in [1.82, 2.24) is 10.2 Å². The minimum absolute atomic E-state index is 0.654. The summed E-state index contributed by atoms with van der Waals surface area (Å²) in [5.74, 6) is 0.731. The van der Waals surface area contributed by atoms with Crippen LogP contribution in [0.5, 0.6) is 0 Å². The lowest BCUT2D eigenvalue weighted by molar-refractivity contribution is 0.0824. The molecule has 1 heterocycles. The summed E-state index contributed by atoms with van der Waals surface area (Å²) in [6.07, 6.45) is 6.79. The molecule has 0 aromatic heterocycles. The molecule has 2 heteroatoms. The zero-order chi connectivity index (χ0) is 13.9. The van der Waals surface area contributed by atoms with E-state index in [0.717, 1.165) is 18.5 Å². The van der Waals surface area contributed by atoms with E-state index < -0.39 is 0 Å². The maximum absolute atomic E-state index is 3.40. The Kier molecular flexibility index (Phi) is 4.42. The highest BCUT2D eigenvalue weighted by molar-refractivity contribution is 5.35. The molecular formula is C18H28N2. The van der Waals surface area contributed by atoms with Crippen LogP contribution in [0.4, 0.5) is 0 Å². The van der Waals surface area contributed by atoms with Gasteiger partial charge in [-0.3, -0.25) is 4.90 Å². The first-order valence-electron chi connectivity index (χ1n) is 8.30. The van der Waals surface area contributed by atoms with E-state index in [1.807, 2.05) is 0 Å². The number of rotatable bonds is 3. The van der Waals surface area contributed by atoms with Gasteiger partial charge in [0.2, 0.25) is 0 Å². The normalized spacial score (nSPS) is 31.0. The van der Waals surface area contributed by atoms with Gasteiger partial charge in [0, 0.05) is 18.6 Å². The first kappa shape index (κ1) is 14.1. The van der Waals surface area contributed by atoms with Crippen LogP contribution in [0.3, 0.4) is 0 Å². The van der Waals surface area contributed by atoms with Gasteiger partial charge in [0.25, 0.3) is 0 Å². The molecule has 1 N–H and O–H groups in total. The van der Waals surface area contributed by atoms with Gasteiger partial charge in [-0.15, -0.1) is 0 Å². The number of nitrogens with zero attached hydrogens (tertiary/aromatic N) is 1. The number of hydrogen-bond acceptors (Lipinski definition) is 2. The summed E-state index contributed by atoms with van der Waals surface area (Å²) < 4.78 is 0. The molecule has 20 heavy (non-hydrogen) atoms. The van der Waals surface area contributed by atoms with Crippen LogP contribution in [0.2, 0.25) is 0 Å². The Bertz CT molecular complexity index is 441. The second-order valence-electron chi connectivity index (χ2n) is 6.57. The van der Waals surface area contributed by atoms with E-state index in [-0.39, 0.29) is 0 Å². The van der Waals surface area contributed by atoms with Crippen molar-refractivity contribution in [1.29, 1.82) is 0 Å². The van der Waals surface area contributed by atoms with Crippen molar-refractivity contribution in [2.24, 2.45) is 0 Å². The quantitative estimate of drug-likeness (QED) is 0.902. The van der Waals surface area contributed by atoms with E-state index in [4.69, 9.17) is 0 Å². The summed E-state index contributed by atoms with van der Waals surface area (Å²) in [5, 5.41) is 3.40. The van der Waals surface area contributed by atoms with Gasteiger partial charge in [-0.05, 0) is 56.3 Å². The van der Waals surface area contributed by atoms with Crippen molar-refractivity contribution in [3.8, 4) is 0 Å². The van der Waals surface area contributed by atoms with Crippen LogP contribution in [0, 0.1) is 0 Å². The average Bonchev–Trinajstić information content (AvgIpc) is 2.49. The van der Waals surface area contributed by atoms with Crippen molar-refractivity contribution in [2.45, 2.75) is 57.0 Å². The van der Waals surface area contributed by atoms with Gasteiger partial charge in [0.05, 0.1) is 0 Å². The third-order valence-corrected chi connectivity index (χ3v) is 5.27. The topological polar surface area (TPSA) is 15.3 Å². The lowest BCUT2D eigenvalue weighted by Gasteiger charge is -2.44. The van der Waals surface area contributed by atoms with E-state index in [0.29, 0.717) is 6.04 Å². The molecule has 0 saturated carbocycles. The Morgan fingerprint density at radius 2 is 1.90 bits per heavy atom. The first-order chi connectivity index (χ1) is 9.81. The van der Waals surface area contributed by atoms with Gasteiger partial charge in [-0.1, -0.05) is 37.6 Å². The molecule has 0 amide bonds. The molecule has 3 unspecified atom stereocenters. The fraction of sp³-hybridized carbons (Fsp3) is 0.667. The van der Waals surface area contributed by atoms with Gasteiger partial charge in [0.1, 0.15) is 0 Å². The number of fused-ring (bicyclic) bond motifs is 1. The Morgan fingerprint density at radius 1 is 1.10 bits per heavy atom. The summed E-state index contributed by atoms with van der Waals surface area (Å²) in [4.78, 5) is 2.80. The number of piperidine rings is 1. The third kappa shape index (κ3) is 2.64. The standard InChI is InChI=1S/C18H28N2/c1-14-10-11-18(17-9-4-3-8-16(14)17)20-12-6-5-7-15(20)13-19-2/h3-4,8-9,14-15,18-19H,5-7,10-13H2,1-2H3. The minimum Gasteiger partial charge on any atom is -0.318 e. The molecule has 110 valence electrons. The van der Waals surface area contributed by atoms with E-state index >= 15 is 0 Å². The van der Waals surface area contributed by atoms with Crippen molar-refractivity contribution in [3.63, 3.8) is 0 Å². The molecule has 3 atom stereocenters. The summed E-state index contributed by atoms with van der Waals surface area (Å²) in [5.41, 5.74) is 3.20. The predicted octanol–water partition coefficient (Wildman–Crippen LogP) is 3.70. The zero-order valence-corrected chi connectivity index (χ0v) is 12.9. The fourth-order valence-corrected chi connectivity index (χ4v) is 4.21. The Labute approximate surface area is 123 Å². The van der Waals surface area contributed by atoms with E-state index in [1.165, 1.54) is 38.6 Å². The summed E-state index contributed by atoms with van der Waals surface area (Å²) in [6, 6.07) is 10.5. The molecule has 0 bridgehead atoms. The van der Waals surface area contributed by atoms with Crippen LogP contribution in [-0.2, 0) is 0 Å². The second kappa shape index (κ2) is 6.28. The number of nitrogens with one attached hydrogen (secondary N) is 1. The minimum atomic E-state index is 0.654. The summed E-state index contributed by atoms with van der Waals surface area (Å²) in [7, 11) is 2.09. The van der Waals surface area contributed by atoms with E-state index in [2.05, 4.69) is 48.5 Å². The Hall–Kier alpha value is -0.860. The first-order valence-corrected chi connectivity index (χ1v) is 8.30. The lowest BCUT2D eigenvalue weighted by Crippen LogP contribution is -2.47. The molecule has 2 nitrogen and oxygen atoms in total. The molecule has 3 rings (SSSR count). The van der Waals surface area contributed by atoms with Crippen molar-refractivity contribution in [2.75, 3.05) is 20.1 Å². The molecule has 1 saturated heterocycles. The Morgan fingerprint density at radius 3 is 2.70 bits per heavy atom. The maximum Gasteiger partial charge on any atom is 0.0354 e. The summed E-state index contributed by atoms with van der Waals surface area (Å²) >= 11 is 0. The maximum atomic E-state index is 3.40. The molecule has 1 aromatic rings. The van der Waals surface area contributed by atoms with Gasteiger partial charge >= 0.3 is 0 Å². The molecule has 2 aliphatic rings. The van der Waals surface area contributed by atoms with E-state index in [9.17, 15) is 0 Å². The van der Waals surface area contributed by atoms with Crippen LogP contribution in [0.25, 0.3) is 0 Å². The zero-order valence-electron chi connectivity index (χ0n) is 12.9. The number of hydrogen-bond donors (Lipinski definition) is 1. The molecule has 0 radical (unpaired) electrons. The van der Waals surface area contributed by atoms with E-state index in [1.54, 1.807) is 11.1 Å². The van der Waals surface area contributed by atoms with Gasteiger partial charge in [0.15, 0.2) is 0 Å². The second-order valence-corrected chi connectivity index (χ2v) is 6.57. The van der Waals surface area contributed by atoms with Crippen molar-refractivity contribution >= 4 is 0 Å². The third-order valence-electron chi connectivity index (χ3n) is 5.27. The molecule has 1 aliphatic heterocycles. The number of likely N-dealkylation sites (tertiary alicyclic amines) is 1. The SMILES string of the molecule is CNCC1CCCCN1C1CCC(C)c2ccccc21. The van der Waals surface area contributed by atoms with Gasteiger partial charge in [-0.25, -0.2) is 0 Å². The number of benzene rings is 1. The highest BCUT2D eigenvalue weighted by atomic mass is 15.2. The molecule has 1 aromatic carbocycles. The average molecular weight is 272 g/mol. The molecular weight excluding hydrogens is 244 g/mol. The van der Waals surface area contributed by atoms with Gasteiger partial charge in [-0.2, -0.15) is 0 Å². The largest absolute Gasteiger partial charge is 0.318 e. The smallest absolute Gasteiger partial charge is 0.0354 e. The van der Waals surface area contributed by atoms with Crippen molar-refractivity contribution < 1.29 is 0 Å². The summed E-state index contributed by atoms with van der Waals surface area (Å²) in [6.45, 7) is 4.80. The van der Waals surface area contributed by atoms with Crippen LogP contribution < -0.4 is 5.32 Å². The molecule has 0 spiro atoms. The van der Waals surface area contributed by atoms with Crippen LogP contribution in [0.1, 0.15) is 62.1 Å². The monoisotopic (exact) mass is 272 g/mol. The van der Waals surface area contributed by atoms with Crippen LogP contribution in [0.15, 0.2) is 24.3 Å².